The molecule has 6 aromatic carbocycles. The van der Waals surface area contributed by atoms with Gasteiger partial charge in [-0.25, -0.2) is 0 Å². The molecule has 0 aliphatic carbocycles. The Hall–Kier alpha value is -7.64. The average Bonchev–Trinajstić information content (AvgIpc) is 3.81. The van der Waals surface area contributed by atoms with Crippen LogP contribution in [0.3, 0.4) is 0 Å². The number of nitrogens with zero attached hydrogens (tertiary/aromatic N) is 7. The van der Waals surface area contributed by atoms with E-state index in [4.69, 9.17) is 0 Å². The third kappa shape index (κ3) is 11.0. The van der Waals surface area contributed by atoms with Crippen molar-refractivity contribution in [3.63, 3.8) is 0 Å². The van der Waals surface area contributed by atoms with Gasteiger partial charge in [0.25, 0.3) is 0 Å². The summed E-state index contributed by atoms with van der Waals surface area (Å²) in [6.45, 7) is 9.75. The zero-order chi connectivity index (χ0) is 53.0. The minimum atomic E-state index is 0.0171. The Balaban J connectivity index is 0.000000130. The molecule has 76 heavy (non-hydrogen) atoms. The van der Waals surface area contributed by atoms with Crippen LogP contribution in [0.1, 0.15) is 77.9 Å². The fourth-order valence-electron chi connectivity index (χ4n) is 10.9. The van der Waals surface area contributed by atoms with Crippen molar-refractivity contribution in [2.45, 2.75) is 53.2 Å². The molecule has 6 aromatic rings. The van der Waals surface area contributed by atoms with Crippen LogP contribution in [0.2, 0.25) is 0 Å². The monoisotopic (exact) mass is 1070 g/mol. The predicted octanol–water partition coefficient (Wildman–Crippen LogP) is 9.99. The maximum absolute atomic E-state index is 12.7. The highest BCUT2D eigenvalue weighted by Crippen LogP contribution is 2.37. The first-order chi connectivity index (χ1) is 36.8. The van der Waals surface area contributed by atoms with Crippen molar-refractivity contribution in [2.24, 2.45) is 15.0 Å². The van der Waals surface area contributed by atoms with E-state index in [1.807, 2.05) is 75.4 Å². The second-order valence-corrected chi connectivity index (χ2v) is 21.1. The molecule has 12 heteroatoms. The summed E-state index contributed by atoms with van der Waals surface area (Å²) in [5.74, 6) is 0.163. The minimum absolute atomic E-state index is 0.0171. The van der Waals surface area contributed by atoms with Gasteiger partial charge in [-0.3, -0.25) is 29.4 Å². The van der Waals surface area contributed by atoms with Gasteiger partial charge < -0.3 is 24.7 Å². The minimum Gasteiger partial charge on any atom is -0.392 e. The van der Waals surface area contributed by atoms with Crippen LogP contribution in [0.4, 0.5) is 0 Å². The third-order valence-corrected chi connectivity index (χ3v) is 15.3. The number of rotatable bonds is 6. The van der Waals surface area contributed by atoms with E-state index in [1.54, 1.807) is 0 Å². The van der Waals surface area contributed by atoms with E-state index in [-0.39, 0.29) is 44.0 Å². The molecule has 0 aromatic heterocycles. The van der Waals surface area contributed by atoms with Crippen LogP contribution >= 0.6 is 15.9 Å². The number of amides is 3. The number of hydrogen-bond acceptors (Lipinski definition) is 8. The maximum Gasteiger partial charge on any atom is 0.248 e. The van der Waals surface area contributed by atoms with E-state index in [1.165, 1.54) is 27.8 Å². The number of halogens is 1. The lowest BCUT2D eigenvalue weighted by Crippen LogP contribution is -2.36. The van der Waals surface area contributed by atoms with E-state index >= 15 is 0 Å². The van der Waals surface area contributed by atoms with Crippen LogP contribution in [0, 0.1) is 20.8 Å². The van der Waals surface area contributed by atoms with Gasteiger partial charge in [-0.1, -0.05) is 136 Å². The number of fused-ring (bicyclic) bond motifs is 9. The van der Waals surface area contributed by atoms with Gasteiger partial charge in [-0.15, -0.1) is 0 Å². The molecular weight excluding hydrogens is 1010 g/mol. The molecule has 384 valence electrons. The van der Waals surface area contributed by atoms with E-state index in [9.17, 15) is 19.5 Å². The molecule has 3 amide bonds. The zero-order valence-corrected chi connectivity index (χ0v) is 45.4. The number of allylic oxidation sites excluding steroid dienone is 3. The molecule has 12 rings (SSSR count). The second-order valence-electron chi connectivity index (χ2n) is 20.2. The van der Waals surface area contributed by atoms with Gasteiger partial charge in [0.1, 0.15) is 19.6 Å². The van der Waals surface area contributed by atoms with E-state index < -0.39 is 0 Å². The number of carbonyl (C=O) groups excluding carboxylic acids is 3. The molecular formula is C64H62BrN7O4. The highest BCUT2D eigenvalue weighted by molar-refractivity contribution is 9.10. The van der Waals surface area contributed by atoms with Crippen LogP contribution in [-0.4, -0.2) is 113 Å². The van der Waals surface area contributed by atoms with Crippen LogP contribution in [-0.2, 0) is 46.8 Å². The lowest BCUT2D eigenvalue weighted by Gasteiger charge is -2.32. The maximum atomic E-state index is 12.7. The Kier molecular flexibility index (Phi) is 15.5. The van der Waals surface area contributed by atoms with Crippen LogP contribution in [0.5, 0.6) is 0 Å². The van der Waals surface area contributed by atoms with Crippen molar-refractivity contribution in [3.05, 3.63) is 228 Å². The smallest absolute Gasteiger partial charge is 0.248 e. The molecule has 0 radical (unpaired) electrons. The molecule has 0 bridgehead atoms. The van der Waals surface area contributed by atoms with Gasteiger partial charge in [0.2, 0.25) is 17.7 Å². The number of aliphatic hydroxyl groups is 1. The summed E-state index contributed by atoms with van der Waals surface area (Å²) in [6, 6.07) is 43.3. The first kappa shape index (κ1) is 51.8. The Morgan fingerprint density at radius 2 is 0.842 bits per heavy atom. The summed E-state index contributed by atoms with van der Waals surface area (Å²) in [6.07, 6.45) is 8.68. The van der Waals surface area contributed by atoms with Gasteiger partial charge in [-0.05, 0) is 124 Å². The van der Waals surface area contributed by atoms with Crippen LogP contribution < -0.4 is 0 Å². The van der Waals surface area contributed by atoms with Crippen LogP contribution in [0.15, 0.2) is 165 Å². The number of aryl methyl sites for hydroxylation is 3. The van der Waals surface area contributed by atoms with Crippen molar-refractivity contribution in [1.29, 1.82) is 0 Å². The lowest BCUT2D eigenvalue weighted by molar-refractivity contribution is -0.127. The summed E-state index contributed by atoms with van der Waals surface area (Å²) in [5, 5.41) is 9.63. The van der Waals surface area contributed by atoms with Gasteiger partial charge in [-0.2, -0.15) is 0 Å². The molecule has 0 fully saturated rings. The topological polar surface area (TPSA) is 121 Å². The first-order valence-corrected chi connectivity index (χ1v) is 26.8. The van der Waals surface area contributed by atoms with E-state index in [2.05, 4.69) is 156 Å². The van der Waals surface area contributed by atoms with Crippen molar-refractivity contribution < 1.29 is 19.5 Å². The summed E-state index contributed by atoms with van der Waals surface area (Å²) in [4.78, 5) is 59.4. The molecule has 6 heterocycles. The normalized spacial score (nSPS) is 16.6. The molecule has 0 spiro atoms. The SMILES string of the molecule is Cc1cccc(C2=NCC(=O)N3CCc4c(Br)cccc4C3=C2)c1.Cc1cccc(C2=NCC(=O)N3CCc4c(CN(C)C)cccc4C3=C2)c1.Cc1cccc(C2=NCC(=O)N3CCc4c(CO)cccc4C3=C2)c1. The summed E-state index contributed by atoms with van der Waals surface area (Å²) >= 11 is 3.64. The first-order valence-electron chi connectivity index (χ1n) is 26.0. The van der Waals surface area contributed by atoms with Gasteiger partial charge >= 0.3 is 0 Å². The third-order valence-electron chi connectivity index (χ3n) is 14.6. The average molecular weight is 1070 g/mol. The highest BCUT2D eigenvalue weighted by Gasteiger charge is 2.32. The van der Waals surface area contributed by atoms with Gasteiger partial charge in [0.15, 0.2) is 0 Å². The number of aliphatic imine (C=N–C) groups is 3. The fraction of sp³-hybridized carbons (Fsp3) is 0.250. The van der Waals surface area contributed by atoms with Crippen molar-refractivity contribution in [1.82, 2.24) is 19.6 Å². The molecule has 0 saturated heterocycles. The predicted molar refractivity (Wildman–Crippen MR) is 308 cm³/mol. The molecule has 0 saturated carbocycles. The molecule has 6 aliphatic rings. The molecule has 6 aliphatic heterocycles. The van der Waals surface area contributed by atoms with Crippen LogP contribution in [0.25, 0.3) is 17.1 Å². The fourth-order valence-corrected chi connectivity index (χ4v) is 11.5. The van der Waals surface area contributed by atoms with E-state index in [0.717, 1.165) is 121 Å². The number of aliphatic hydroxyl groups excluding tert-OH is 1. The van der Waals surface area contributed by atoms with E-state index in [0.29, 0.717) is 13.1 Å². The summed E-state index contributed by atoms with van der Waals surface area (Å²) in [7, 11) is 4.18. The zero-order valence-electron chi connectivity index (χ0n) is 43.8. The second kappa shape index (κ2) is 22.7. The number of benzene rings is 6. The standard InChI is InChI=1S/C23H25N3O.C21H20N2O2.C20H17BrN2O/c1-16-6-4-7-17(12-16)21-13-22-20-9-5-8-18(15-25(2)3)19(20)10-11-26(22)23(27)14-24-21;1-14-4-2-5-15(10-14)19-11-20-18-7-3-6-16(13-24)17(18)8-9-23(20)21(25)12-22-19;1-13-4-2-5-14(10-13)18-11-19-16-6-3-7-17(21)15(16)8-9-23(19)20(24)12-22-18/h4-9,12-13H,10-11,14-15H2,1-3H3;2-7,10-11,24H,8-9,12-13H2,1H3;2-7,10-11H,8-9,12H2,1H3. The summed E-state index contributed by atoms with van der Waals surface area (Å²) in [5.41, 5.74) is 21.4. The Morgan fingerprint density at radius 1 is 0.487 bits per heavy atom. The number of hydrogen-bond donors (Lipinski definition) is 1. The number of carbonyl (C=O) groups is 3. The Morgan fingerprint density at radius 3 is 1.24 bits per heavy atom. The highest BCUT2D eigenvalue weighted by atomic mass is 79.9. The van der Waals surface area contributed by atoms with Gasteiger partial charge in [0.05, 0.1) is 40.8 Å². The largest absolute Gasteiger partial charge is 0.392 e. The molecule has 0 unspecified atom stereocenters. The lowest BCUT2D eigenvalue weighted by atomic mass is 9.90. The quantitative estimate of drug-likeness (QED) is 0.178. The molecule has 1 N–H and O–H groups in total. The summed E-state index contributed by atoms with van der Waals surface area (Å²) < 4.78 is 1.10. The van der Waals surface area contributed by atoms with Crippen molar-refractivity contribution in [3.8, 4) is 0 Å². The van der Waals surface area contributed by atoms with Crippen molar-refractivity contribution >= 4 is 67.9 Å². The Bertz CT molecular complexity index is 3490. The van der Waals surface area contributed by atoms with Crippen molar-refractivity contribution in [2.75, 3.05) is 53.4 Å². The molecule has 0 atom stereocenters. The van der Waals surface area contributed by atoms with Gasteiger partial charge in [0, 0.05) is 64.0 Å². The molecule has 11 nitrogen and oxygen atoms in total. The Labute approximate surface area is 454 Å².